The number of carbonyl (C=O) groups is 3. The van der Waals surface area contributed by atoms with E-state index in [1.165, 1.54) is 5.56 Å². The van der Waals surface area contributed by atoms with Gasteiger partial charge in [-0.1, -0.05) is 43.3 Å². The van der Waals surface area contributed by atoms with E-state index in [1.807, 2.05) is 25.1 Å². The number of hydrogen-bond donors (Lipinski definition) is 1. The van der Waals surface area contributed by atoms with Crippen LogP contribution in [0.3, 0.4) is 0 Å². The molecule has 2 aromatic carbocycles. The number of ether oxygens (including phenoxy) is 1. The summed E-state index contributed by atoms with van der Waals surface area (Å²) in [5.41, 5.74) is 1.85. The molecule has 2 aromatic rings. The highest BCUT2D eigenvalue weighted by atomic mass is 16.5. The molecule has 1 N–H and O–H groups in total. The Hall–Kier alpha value is -3.35. The third-order valence-corrected chi connectivity index (χ3v) is 6.07. The molecule has 4 rings (SSSR count). The predicted octanol–water partition coefficient (Wildman–Crippen LogP) is 2.44. The lowest BCUT2D eigenvalue weighted by Gasteiger charge is -2.30. The Bertz CT molecular complexity index is 988. The number of nitrogens with zero attached hydrogens (tertiary/aromatic N) is 2. The topological polar surface area (TPSA) is 79.0 Å². The molecule has 1 fully saturated rings. The van der Waals surface area contributed by atoms with E-state index < -0.39 is 17.5 Å². The molecule has 7 heteroatoms. The number of nitrogens with one attached hydrogen (secondary N) is 1. The molecule has 0 saturated carbocycles. The minimum Gasteiger partial charge on any atom is -0.497 e. The minimum atomic E-state index is -1.17. The van der Waals surface area contributed by atoms with E-state index in [0.29, 0.717) is 30.8 Å². The Morgan fingerprint density at radius 2 is 1.80 bits per heavy atom. The van der Waals surface area contributed by atoms with Crippen LogP contribution in [-0.4, -0.2) is 47.8 Å². The van der Waals surface area contributed by atoms with Gasteiger partial charge in [0.05, 0.1) is 7.11 Å². The molecule has 156 valence electrons. The van der Waals surface area contributed by atoms with Gasteiger partial charge in [-0.25, -0.2) is 4.79 Å². The smallest absolute Gasteiger partial charge is 0.325 e. The Morgan fingerprint density at radius 3 is 2.47 bits per heavy atom. The molecular weight excluding hydrogens is 382 g/mol. The third kappa shape index (κ3) is 3.30. The van der Waals surface area contributed by atoms with E-state index in [1.54, 1.807) is 36.3 Å². The number of carbonyl (C=O) groups excluding carboxylic acids is 3. The molecule has 0 bridgehead atoms. The van der Waals surface area contributed by atoms with Crippen molar-refractivity contribution in [2.24, 2.45) is 0 Å². The monoisotopic (exact) mass is 407 g/mol. The van der Waals surface area contributed by atoms with Crippen LogP contribution in [0.15, 0.2) is 48.5 Å². The number of hydrogen-bond acceptors (Lipinski definition) is 4. The first-order valence-corrected chi connectivity index (χ1v) is 10.1. The van der Waals surface area contributed by atoms with Crippen LogP contribution in [0.25, 0.3) is 0 Å². The lowest BCUT2D eigenvalue weighted by atomic mass is 9.87. The van der Waals surface area contributed by atoms with Crippen molar-refractivity contribution in [3.63, 3.8) is 0 Å². The van der Waals surface area contributed by atoms with Gasteiger partial charge in [0.2, 0.25) is 5.91 Å². The fraction of sp³-hybridized carbons (Fsp3) is 0.348. The van der Waals surface area contributed by atoms with E-state index in [9.17, 15) is 14.4 Å². The molecule has 30 heavy (non-hydrogen) atoms. The quantitative estimate of drug-likeness (QED) is 0.773. The van der Waals surface area contributed by atoms with Crippen LogP contribution in [0.5, 0.6) is 5.75 Å². The van der Waals surface area contributed by atoms with Crippen molar-refractivity contribution in [3.05, 3.63) is 65.2 Å². The molecule has 1 saturated heterocycles. The van der Waals surface area contributed by atoms with Gasteiger partial charge in [0.1, 0.15) is 17.8 Å². The maximum absolute atomic E-state index is 13.3. The zero-order valence-corrected chi connectivity index (χ0v) is 17.2. The van der Waals surface area contributed by atoms with Gasteiger partial charge in [0, 0.05) is 13.1 Å². The summed E-state index contributed by atoms with van der Waals surface area (Å²) in [6.45, 7) is 2.66. The average Bonchev–Trinajstić information content (AvgIpc) is 3.03. The van der Waals surface area contributed by atoms with Crippen molar-refractivity contribution < 1.29 is 19.1 Å². The highest BCUT2D eigenvalue weighted by Gasteiger charge is 2.51. The first-order chi connectivity index (χ1) is 14.5. The zero-order valence-electron chi connectivity index (χ0n) is 17.2. The van der Waals surface area contributed by atoms with Crippen LogP contribution < -0.4 is 10.1 Å². The molecule has 0 radical (unpaired) electrons. The molecule has 2 aliphatic rings. The summed E-state index contributed by atoms with van der Waals surface area (Å²) in [5.74, 6) is 0.0414. The highest BCUT2D eigenvalue weighted by Crippen LogP contribution is 2.33. The summed E-state index contributed by atoms with van der Waals surface area (Å²) in [6, 6.07) is 14.5. The predicted molar refractivity (Wildman–Crippen MR) is 111 cm³/mol. The largest absolute Gasteiger partial charge is 0.497 e. The zero-order chi connectivity index (χ0) is 21.3. The molecule has 0 aliphatic carbocycles. The van der Waals surface area contributed by atoms with E-state index in [-0.39, 0.29) is 12.5 Å². The maximum atomic E-state index is 13.3. The summed E-state index contributed by atoms with van der Waals surface area (Å²) in [7, 11) is 1.57. The molecular formula is C23H25N3O4. The van der Waals surface area contributed by atoms with Crippen molar-refractivity contribution in [2.75, 3.05) is 20.2 Å². The van der Waals surface area contributed by atoms with Crippen LogP contribution in [0, 0.1) is 0 Å². The number of benzene rings is 2. The van der Waals surface area contributed by atoms with E-state index in [4.69, 9.17) is 4.74 Å². The van der Waals surface area contributed by atoms with Crippen molar-refractivity contribution in [1.29, 1.82) is 0 Å². The van der Waals surface area contributed by atoms with Gasteiger partial charge in [0.25, 0.3) is 5.91 Å². The number of methoxy groups -OCH3 is 1. The number of rotatable bonds is 5. The van der Waals surface area contributed by atoms with Crippen molar-refractivity contribution in [3.8, 4) is 5.75 Å². The first-order valence-electron chi connectivity index (χ1n) is 10.1. The van der Waals surface area contributed by atoms with Crippen LogP contribution in [-0.2, 0) is 28.1 Å². The molecule has 2 heterocycles. The summed E-state index contributed by atoms with van der Waals surface area (Å²) in [6.07, 6.45) is 1.15. The van der Waals surface area contributed by atoms with Gasteiger partial charge in [0.15, 0.2) is 0 Å². The van der Waals surface area contributed by atoms with Crippen molar-refractivity contribution >= 4 is 17.8 Å². The molecule has 1 unspecified atom stereocenters. The van der Waals surface area contributed by atoms with Gasteiger partial charge in [-0.05, 0) is 41.7 Å². The van der Waals surface area contributed by atoms with Gasteiger partial charge in [-0.3, -0.25) is 14.5 Å². The Morgan fingerprint density at radius 1 is 1.10 bits per heavy atom. The Kier molecular flexibility index (Phi) is 5.20. The van der Waals surface area contributed by atoms with E-state index in [2.05, 4.69) is 11.4 Å². The fourth-order valence-corrected chi connectivity index (χ4v) is 4.23. The molecule has 2 aliphatic heterocycles. The summed E-state index contributed by atoms with van der Waals surface area (Å²) in [5, 5.41) is 2.82. The molecule has 4 amide bonds. The fourth-order valence-electron chi connectivity index (χ4n) is 4.23. The van der Waals surface area contributed by atoms with E-state index in [0.717, 1.165) is 16.9 Å². The maximum Gasteiger partial charge on any atom is 0.325 e. The third-order valence-electron chi connectivity index (χ3n) is 6.07. The van der Waals surface area contributed by atoms with Gasteiger partial charge in [-0.2, -0.15) is 0 Å². The van der Waals surface area contributed by atoms with Gasteiger partial charge in [-0.15, -0.1) is 0 Å². The second-order valence-electron chi connectivity index (χ2n) is 7.64. The molecule has 1 atom stereocenters. The highest BCUT2D eigenvalue weighted by molar-refractivity contribution is 6.09. The number of amides is 4. The Balaban J connectivity index is 1.51. The van der Waals surface area contributed by atoms with Gasteiger partial charge >= 0.3 is 6.03 Å². The van der Waals surface area contributed by atoms with Crippen LogP contribution >= 0.6 is 0 Å². The summed E-state index contributed by atoms with van der Waals surface area (Å²) >= 11 is 0. The first kappa shape index (κ1) is 19.9. The normalized spacial score (nSPS) is 20.7. The van der Waals surface area contributed by atoms with Crippen LogP contribution in [0.2, 0.25) is 0 Å². The second-order valence-corrected chi connectivity index (χ2v) is 7.64. The molecule has 0 spiro atoms. The van der Waals surface area contributed by atoms with Crippen LogP contribution in [0.4, 0.5) is 4.79 Å². The van der Waals surface area contributed by atoms with E-state index >= 15 is 0 Å². The van der Waals surface area contributed by atoms with Gasteiger partial charge < -0.3 is 15.0 Å². The standard InChI is InChI=1S/C23H25N3O4/c1-3-23(18-8-10-19(30-2)11-9-18)21(28)26(22(29)24-23)15-20(27)25-13-12-16-6-4-5-7-17(16)14-25/h4-11H,3,12-15H2,1-2H3,(H,24,29). The number of urea groups is 1. The van der Waals surface area contributed by atoms with Crippen molar-refractivity contribution in [1.82, 2.24) is 15.1 Å². The second kappa shape index (κ2) is 7.82. The Labute approximate surface area is 175 Å². The lowest BCUT2D eigenvalue weighted by Crippen LogP contribution is -2.46. The lowest BCUT2D eigenvalue weighted by molar-refractivity contribution is -0.139. The summed E-state index contributed by atoms with van der Waals surface area (Å²) in [4.78, 5) is 41.6. The molecule has 0 aromatic heterocycles. The summed E-state index contributed by atoms with van der Waals surface area (Å²) < 4.78 is 5.18. The van der Waals surface area contributed by atoms with Crippen LogP contribution in [0.1, 0.15) is 30.0 Å². The average molecular weight is 407 g/mol. The minimum absolute atomic E-state index is 0.227. The SMILES string of the molecule is CCC1(c2ccc(OC)cc2)NC(=O)N(CC(=O)N2CCc3ccccc3C2)C1=O. The molecule has 7 nitrogen and oxygen atoms in total. The van der Waals surface area contributed by atoms with Crippen molar-refractivity contribution in [2.45, 2.75) is 31.8 Å². The number of fused-ring (bicyclic) bond motifs is 1. The number of imide groups is 1.